The van der Waals surface area contributed by atoms with Crippen LogP contribution in [0.4, 0.5) is 24.5 Å². The SMILES string of the molecule is CCCCCC(=O)Nc1c(C)cc(N2CCOCC2)cc1C(F)(F)F. The third-order valence-electron chi connectivity index (χ3n) is 4.27. The number of alkyl halides is 3. The first kappa shape index (κ1) is 19.6. The van der Waals surface area contributed by atoms with Gasteiger partial charge in [0, 0.05) is 25.2 Å². The van der Waals surface area contributed by atoms with Gasteiger partial charge in [-0.25, -0.2) is 0 Å². The zero-order valence-corrected chi connectivity index (χ0v) is 14.7. The van der Waals surface area contributed by atoms with Gasteiger partial charge in [0.1, 0.15) is 0 Å². The second-order valence-electron chi connectivity index (χ2n) is 6.29. The van der Waals surface area contributed by atoms with E-state index >= 15 is 0 Å². The lowest BCUT2D eigenvalue weighted by Crippen LogP contribution is -2.36. The van der Waals surface area contributed by atoms with Crippen molar-refractivity contribution in [3.63, 3.8) is 0 Å². The number of hydrogen-bond acceptors (Lipinski definition) is 3. The van der Waals surface area contributed by atoms with Gasteiger partial charge < -0.3 is 15.0 Å². The molecule has 0 aromatic heterocycles. The predicted molar refractivity (Wildman–Crippen MR) is 92.0 cm³/mol. The summed E-state index contributed by atoms with van der Waals surface area (Å²) in [7, 11) is 0. The standard InChI is InChI=1S/C18H25F3N2O2/c1-3-4-5-6-16(24)22-17-13(2)11-14(12-15(17)18(19,20)21)23-7-9-25-10-8-23/h11-12H,3-10H2,1-2H3,(H,22,24). The monoisotopic (exact) mass is 358 g/mol. The van der Waals surface area contributed by atoms with E-state index in [9.17, 15) is 18.0 Å². The van der Waals surface area contributed by atoms with Crippen molar-refractivity contribution < 1.29 is 22.7 Å². The van der Waals surface area contributed by atoms with Gasteiger partial charge in [0.25, 0.3) is 0 Å². The molecule has 4 nitrogen and oxygen atoms in total. The Morgan fingerprint density at radius 1 is 1.24 bits per heavy atom. The lowest BCUT2D eigenvalue weighted by molar-refractivity contribution is -0.137. The number of hydrogen-bond donors (Lipinski definition) is 1. The van der Waals surface area contributed by atoms with E-state index in [4.69, 9.17) is 4.74 Å². The maximum absolute atomic E-state index is 13.5. The molecule has 0 spiro atoms. The van der Waals surface area contributed by atoms with Gasteiger partial charge in [-0.15, -0.1) is 0 Å². The maximum atomic E-state index is 13.5. The van der Waals surface area contributed by atoms with Crippen LogP contribution in [0.5, 0.6) is 0 Å². The number of ether oxygens (including phenoxy) is 1. The first-order valence-electron chi connectivity index (χ1n) is 8.67. The molecule has 1 amide bonds. The molecule has 1 heterocycles. The normalized spacial score (nSPS) is 15.3. The minimum atomic E-state index is -4.53. The van der Waals surface area contributed by atoms with Crippen LogP contribution < -0.4 is 10.2 Å². The molecule has 0 unspecified atom stereocenters. The summed E-state index contributed by atoms with van der Waals surface area (Å²) in [5, 5.41) is 2.47. The quantitative estimate of drug-likeness (QED) is 0.768. The summed E-state index contributed by atoms with van der Waals surface area (Å²) in [5.74, 6) is -0.374. The Balaban J connectivity index is 2.27. The van der Waals surface area contributed by atoms with Crippen molar-refractivity contribution in [1.82, 2.24) is 0 Å². The van der Waals surface area contributed by atoms with Crippen LogP contribution >= 0.6 is 0 Å². The highest BCUT2D eigenvalue weighted by Crippen LogP contribution is 2.39. The maximum Gasteiger partial charge on any atom is 0.418 e. The lowest BCUT2D eigenvalue weighted by atomic mass is 10.0. The number of unbranched alkanes of at least 4 members (excludes halogenated alkanes) is 2. The molecule has 0 radical (unpaired) electrons. The van der Waals surface area contributed by atoms with Gasteiger partial charge in [0.15, 0.2) is 0 Å². The highest BCUT2D eigenvalue weighted by molar-refractivity contribution is 5.93. The van der Waals surface area contributed by atoms with Gasteiger partial charge in [0.05, 0.1) is 24.5 Å². The number of anilines is 2. The zero-order chi connectivity index (χ0) is 18.4. The molecular weight excluding hydrogens is 333 g/mol. The molecule has 1 aliphatic heterocycles. The summed E-state index contributed by atoms with van der Waals surface area (Å²) in [6.07, 6.45) is -1.79. The van der Waals surface area contributed by atoms with Crippen LogP contribution in [0.1, 0.15) is 43.7 Å². The summed E-state index contributed by atoms with van der Waals surface area (Å²) in [4.78, 5) is 13.9. The molecule has 7 heteroatoms. The van der Waals surface area contributed by atoms with Crippen LogP contribution in [0.2, 0.25) is 0 Å². The first-order chi connectivity index (χ1) is 11.8. The largest absolute Gasteiger partial charge is 0.418 e. The number of benzene rings is 1. The second kappa shape index (κ2) is 8.56. The molecule has 1 N–H and O–H groups in total. The Morgan fingerprint density at radius 3 is 2.52 bits per heavy atom. The van der Waals surface area contributed by atoms with E-state index in [-0.39, 0.29) is 18.0 Å². The molecule has 140 valence electrons. The molecule has 1 fully saturated rings. The van der Waals surface area contributed by atoms with Crippen molar-refractivity contribution in [3.8, 4) is 0 Å². The third kappa shape index (κ3) is 5.36. The zero-order valence-electron chi connectivity index (χ0n) is 14.7. The fourth-order valence-electron chi connectivity index (χ4n) is 2.90. The van der Waals surface area contributed by atoms with Gasteiger partial charge in [-0.3, -0.25) is 4.79 Å². The second-order valence-corrected chi connectivity index (χ2v) is 6.29. The first-order valence-corrected chi connectivity index (χ1v) is 8.67. The molecule has 2 rings (SSSR count). The number of aryl methyl sites for hydroxylation is 1. The molecule has 25 heavy (non-hydrogen) atoms. The number of morpholine rings is 1. The highest BCUT2D eigenvalue weighted by atomic mass is 19.4. The fraction of sp³-hybridized carbons (Fsp3) is 0.611. The minimum absolute atomic E-state index is 0.133. The molecule has 1 aromatic rings. The van der Waals surface area contributed by atoms with Crippen molar-refractivity contribution >= 4 is 17.3 Å². The van der Waals surface area contributed by atoms with Gasteiger partial charge in [-0.05, 0) is 31.0 Å². The van der Waals surface area contributed by atoms with E-state index < -0.39 is 11.7 Å². The smallest absolute Gasteiger partial charge is 0.378 e. The van der Waals surface area contributed by atoms with Crippen LogP contribution in [0, 0.1) is 6.92 Å². The Labute approximate surface area is 146 Å². The van der Waals surface area contributed by atoms with Crippen LogP contribution in [0.3, 0.4) is 0 Å². The average molecular weight is 358 g/mol. The lowest BCUT2D eigenvalue weighted by Gasteiger charge is -2.30. The number of nitrogens with one attached hydrogen (secondary N) is 1. The van der Waals surface area contributed by atoms with Crippen LogP contribution in [0.25, 0.3) is 0 Å². The van der Waals surface area contributed by atoms with Gasteiger partial charge in [-0.2, -0.15) is 13.2 Å². The summed E-state index contributed by atoms with van der Waals surface area (Å²) in [5.41, 5.74) is 0.00102. The van der Waals surface area contributed by atoms with Crippen molar-refractivity contribution in [2.75, 3.05) is 36.5 Å². The Morgan fingerprint density at radius 2 is 1.92 bits per heavy atom. The minimum Gasteiger partial charge on any atom is -0.378 e. The summed E-state index contributed by atoms with van der Waals surface area (Å²) in [6, 6.07) is 2.82. The summed E-state index contributed by atoms with van der Waals surface area (Å²) in [6.45, 7) is 5.71. The molecule has 0 saturated carbocycles. The molecule has 0 bridgehead atoms. The van der Waals surface area contributed by atoms with Crippen LogP contribution in [-0.2, 0) is 15.7 Å². The third-order valence-corrected chi connectivity index (χ3v) is 4.27. The molecule has 1 aliphatic rings. The van der Waals surface area contributed by atoms with Gasteiger partial charge >= 0.3 is 6.18 Å². The molecule has 1 aromatic carbocycles. The Bertz CT molecular complexity index is 597. The molecular formula is C18H25F3N2O2. The highest BCUT2D eigenvalue weighted by Gasteiger charge is 2.35. The van der Waals surface area contributed by atoms with Crippen LogP contribution in [-0.4, -0.2) is 32.2 Å². The topological polar surface area (TPSA) is 41.6 Å². The number of halogens is 3. The van der Waals surface area contributed by atoms with E-state index in [0.717, 1.165) is 18.9 Å². The van der Waals surface area contributed by atoms with E-state index in [2.05, 4.69) is 5.32 Å². The number of nitrogens with zero attached hydrogens (tertiary/aromatic N) is 1. The van der Waals surface area contributed by atoms with Crippen molar-refractivity contribution in [2.45, 2.75) is 45.7 Å². The molecule has 0 aliphatic carbocycles. The number of carbonyl (C=O) groups is 1. The van der Waals surface area contributed by atoms with E-state index in [1.807, 2.05) is 11.8 Å². The van der Waals surface area contributed by atoms with E-state index in [1.165, 1.54) is 0 Å². The number of carbonyl (C=O) groups excluding carboxylic acids is 1. The molecule has 1 saturated heterocycles. The fourth-order valence-corrected chi connectivity index (χ4v) is 2.90. The molecule has 0 atom stereocenters. The van der Waals surface area contributed by atoms with Gasteiger partial charge in [-0.1, -0.05) is 19.8 Å². The predicted octanol–water partition coefficient (Wildman–Crippen LogP) is 4.37. The van der Waals surface area contributed by atoms with Crippen molar-refractivity contribution in [1.29, 1.82) is 0 Å². The number of amides is 1. The van der Waals surface area contributed by atoms with Gasteiger partial charge in [0.2, 0.25) is 5.91 Å². The van der Waals surface area contributed by atoms with E-state index in [1.54, 1.807) is 13.0 Å². The van der Waals surface area contributed by atoms with Crippen LogP contribution in [0.15, 0.2) is 12.1 Å². The average Bonchev–Trinajstić information content (AvgIpc) is 2.56. The van der Waals surface area contributed by atoms with Crippen molar-refractivity contribution in [3.05, 3.63) is 23.3 Å². The van der Waals surface area contributed by atoms with E-state index in [0.29, 0.717) is 44.0 Å². The van der Waals surface area contributed by atoms with Crippen molar-refractivity contribution in [2.24, 2.45) is 0 Å². The number of rotatable bonds is 6. The summed E-state index contributed by atoms with van der Waals surface area (Å²) >= 11 is 0. The Hall–Kier alpha value is -1.76. The summed E-state index contributed by atoms with van der Waals surface area (Å²) < 4.78 is 45.9. The Kier molecular flexibility index (Phi) is 6.70.